The standard InChI is InChI=1S/C60H42N2Si/c1-6-21-43(22-7-1)44-37-39-46(40-38-44)61-53-34-18-16-31-50(53)51-33-20-36-56(60(51)61)62-54-35-19-17-32-52(54)59-55(62)41-42-57(58(59)45-23-8-2-9-24-45)63(47-25-10-3-11-26-47,48-27-12-4-13-28-48)49-29-14-5-15-30-49/h1-42H. The normalized spacial score (nSPS) is 11.8. The first-order chi connectivity index (χ1) is 31.3. The summed E-state index contributed by atoms with van der Waals surface area (Å²) >= 11 is 0. The number of aromatic nitrogens is 2. The fraction of sp³-hybridized carbons (Fsp3) is 0. The number of hydrogen-bond acceptors (Lipinski definition) is 0. The summed E-state index contributed by atoms with van der Waals surface area (Å²) in [6.07, 6.45) is 0. The van der Waals surface area contributed by atoms with Crippen LogP contribution in [-0.4, -0.2) is 17.2 Å². The highest BCUT2D eigenvalue weighted by Gasteiger charge is 2.43. The molecule has 0 atom stereocenters. The number of nitrogens with zero attached hydrogens (tertiary/aromatic N) is 2. The maximum atomic E-state index is 2.54. The molecule has 0 aliphatic rings. The van der Waals surface area contributed by atoms with Crippen molar-refractivity contribution < 1.29 is 0 Å². The van der Waals surface area contributed by atoms with E-state index in [1.807, 2.05) is 0 Å². The Hall–Kier alpha value is -7.98. The molecule has 0 saturated heterocycles. The van der Waals surface area contributed by atoms with Gasteiger partial charge in [0.2, 0.25) is 0 Å². The fourth-order valence-electron chi connectivity index (χ4n) is 10.5. The van der Waals surface area contributed by atoms with E-state index in [4.69, 9.17) is 0 Å². The number of fused-ring (bicyclic) bond motifs is 6. The molecule has 12 aromatic rings. The second kappa shape index (κ2) is 15.2. The van der Waals surface area contributed by atoms with Gasteiger partial charge in [-0.15, -0.1) is 0 Å². The van der Waals surface area contributed by atoms with Gasteiger partial charge in [0.05, 0.1) is 27.8 Å². The zero-order valence-corrected chi connectivity index (χ0v) is 35.6. The van der Waals surface area contributed by atoms with E-state index in [9.17, 15) is 0 Å². The lowest BCUT2D eigenvalue weighted by atomic mass is 9.99. The Kier molecular flexibility index (Phi) is 8.87. The Bertz CT molecular complexity index is 3480. The molecule has 10 aromatic carbocycles. The van der Waals surface area contributed by atoms with E-state index in [1.54, 1.807) is 0 Å². The third-order valence-electron chi connectivity index (χ3n) is 13.1. The summed E-state index contributed by atoms with van der Waals surface area (Å²) in [6, 6.07) is 94.3. The quantitative estimate of drug-likeness (QED) is 0.107. The van der Waals surface area contributed by atoms with Gasteiger partial charge in [0.15, 0.2) is 8.07 Å². The third kappa shape index (κ3) is 5.78. The molecular weight excluding hydrogens is 777 g/mol. The van der Waals surface area contributed by atoms with Crippen molar-refractivity contribution in [2.45, 2.75) is 0 Å². The average molecular weight is 819 g/mol. The van der Waals surface area contributed by atoms with Crippen LogP contribution in [0.25, 0.3) is 77.2 Å². The Labute approximate surface area is 368 Å². The second-order valence-corrected chi connectivity index (χ2v) is 20.2. The van der Waals surface area contributed by atoms with Crippen LogP contribution in [0.15, 0.2) is 255 Å². The molecule has 0 unspecified atom stereocenters. The lowest BCUT2D eigenvalue weighted by molar-refractivity contribution is 1.13. The monoisotopic (exact) mass is 818 g/mol. The lowest BCUT2D eigenvalue weighted by Crippen LogP contribution is -2.75. The van der Waals surface area contributed by atoms with Crippen molar-refractivity contribution in [3.8, 4) is 33.6 Å². The molecular formula is C60H42N2Si. The number of benzene rings is 10. The molecule has 0 spiro atoms. The van der Waals surface area contributed by atoms with E-state index in [2.05, 4.69) is 264 Å². The molecule has 2 aromatic heterocycles. The van der Waals surface area contributed by atoms with Crippen LogP contribution in [0, 0.1) is 0 Å². The van der Waals surface area contributed by atoms with E-state index < -0.39 is 8.07 Å². The van der Waals surface area contributed by atoms with Gasteiger partial charge in [-0.25, -0.2) is 0 Å². The first kappa shape index (κ1) is 36.8. The summed E-state index contributed by atoms with van der Waals surface area (Å²) in [4.78, 5) is 0. The Morgan fingerprint density at radius 1 is 0.286 bits per heavy atom. The van der Waals surface area contributed by atoms with Crippen LogP contribution < -0.4 is 20.7 Å². The first-order valence-electron chi connectivity index (χ1n) is 21.8. The van der Waals surface area contributed by atoms with Gasteiger partial charge in [-0.05, 0) is 79.4 Å². The number of hydrogen-bond donors (Lipinski definition) is 0. The topological polar surface area (TPSA) is 9.86 Å². The van der Waals surface area contributed by atoms with Crippen molar-refractivity contribution in [3.63, 3.8) is 0 Å². The molecule has 0 aliphatic heterocycles. The summed E-state index contributed by atoms with van der Waals surface area (Å²) in [7, 11) is -2.96. The van der Waals surface area contributed by atoms with Crippen LogP contribution in [0.5, 0.6) is 0 Å². The average Bonchev–Trinajstić information content (AvgIpc) is 3.89. The molecule has 63 heavy (non-hydrogen) atoms. The Morgan fingerprint density at radius 2 is 0.746 bits per heavy atom. The molecule has 3 heteroatoms. The highest BCUT2D eigenvalue weighted by atomic mass is 28.3. The lowest BCUT2D eigenvalue weighted by Gasteiger charge is -2.36. The summed E-state index contributed by atoms with van der Waals surface area (Å²) in [5, 5.41) is 10.4. The van der Waals surface area contributed by atoms with E-state index >= 15 is 0 Å². The zero-order chi connectivity index (χ0) is 41.7. The van der Waals surface area contributed by atoms with Gasteiger partial charge in [-0.3, -0.25) is 0 Å². The van der Waals surface area contributed by atoms with Crippen LogP contribution in [0.2, 0.25) is 0 Å². The van der Waals surface area contributed by atoms with Crippen molar-refractivity contribution in [1.82, 2.24) is 9.13 Å². The highest BCUT2D eigenvalue weighted by molar-refractivity contribution is 7.20. The van der Waals surface area contributed by atoms with E-state index in [0.717, 1.165) is 11.4 Å². The molecule has 296 valence electrons. The summed E-state index contributed by atoms with van der Waals surface area (Å²) in [6.45, 7) is 0. The maximum Gasteiger partial charge on any atom is 0.180 e. The SMILES string of the molecule is c1ccc(-c2ccc(-n3c4ccccc4c4cccc(-n5c6ccccc6c6c(-c7ccccc7)c([Si](c7ccccc7)(c7ccccc7)c7ccccc7)ccc65)c43)cc2)cc1. The van der Waals surface area contributed by atoms with Crippen LogP contribution in [0.1, 0.15) is 0 Å². The highest BCUT2D eigenvalue weighted by Crippen LogP contribution is 2.42. The molecule has 0 aliphatic carbocycles. The van der Waals surface area contributed by atoms with Crippen LogP contribution >= 0.6 is 0 Å². The molecule has 0 amide bonds. The first-order valence-corrected chi connectivity index (χ1v) is 23.8. The molecule has 0 fully saturated rings. The van der Waals surface area contributed by atoms with Gasteiger partial charge in [0.25, 0.3) is 0 Å². The molecule has 0 saturated carbocycles. The minimum atomic E-state index is -2.96. The molecule has 0 bridgehead atoms. The predicted molar refractivity (Wildman–Crippen MR) is 270 cm³/mol. The van der Waals surface area contributed by atoms with Crippen molar-refractivity contribution >= 4 is 72.4 Å². The van der Waals surface area contributed by atoms with Crippen molar-refractivity contribution in [2.24, 2.45) is 0 Å². The van der Waals surface area contributed by atoms with E-state index in [-0.39, 0.29) is 0 Å². The van der Waals surface area contributed by atoms with Gasteiger partial charge in [0.1, 0.15) is 0 Å². The largest absolute Gasteiger partial charge is 0.307 e. The summed E-state index contributed by atoms with van der Waals surface area (Å²) < 4.78 is 5.01. The smallest absolute Gasteiger partial charge is 0.180 e. The summed E-state index contributed by atoms with van der Waals surface area (Å²) in [5.74, 6) is 0. The minimum absolute atomic E-state index is 1.13. The van der Waals surface area contributed by atoms with E-state index in [1.165, 1.54) is 86.6 Å². The van der Waals surface area contributed by atoms with Crippen LogP contribution in [0.3, 0.4) is 0 Å². The van der Waals surface area contributed by atoms with Gasteiger partial charge in [-0.2, -0.15) is 0 Å². The van der Waals surface area contributed by atoms with Crippen LogP contribution in [0.4, 0.5) is 0 Å². The predicted octanol–water partition coefficient (Wildman–Crippen LogP) is 12.6. The molecule has 2 nitrogen and oxygen atoms in total. The van der Waals surface area contributed by atoms with Gasteiger partial charge in [-0.1, -0.05) is 218 Å². The third-order valence-corrected chi connectivity index (χ3v) is 17.9. The molecule has 0 N–H and O–H groups in total. The number of para-hydroxylation sites is 3. The van der Waals surface area contributed by atoms with Crippen LogP contribution in [-0.2, 0) is 0 Å². The van der Waals surface area contributed by atoms with Crippen molar-refractivity contribution in [3.05, 3.63) is 255 Å². The molecule has 12 rings (SSSR count). The molecule has 2 heterocycles. The van der Waals surface area contributed by atoms with Gasteiger partial charge >= 0.3 is 0 Å². The van der Waals surface area contributed by atoms with Crippen molar-refractivity contribution in [2.75, 3.05) is 0 Å². The van der Waals surface area contributed by atoms with Gasteiger partial charge in [0, 0.05) is 27.2 Å². The van der Waals surface area contributed by atoms with E-state index in [0.29, 0.717) is 0 Å². The van der Waals surface area contributed by atoms with Gasteiger partial charge < -0.3 is 9.13 Å². The Morgan fingerprint density at radius 3 is 1.33 bits per heavy atom. The van der Waals surface area contributed by atoms with Crippen molar-refractivity contribution in [1.29, 1.82) is 0 Å². The Balaban J connectivity index is 1.21. The maximum absolute atomic E-state index is 2.96. The number of rotatable bonds is 8. The second-order valence-electron chi connectivity index (χ2n) is 16.4. The molecule has 0 radical (unpaired) electrons. The zero-order valence-electron chi connectivity index (χ0n) is 34.6. The fourth-order valence-corrected chi connectivity index (χ4v) is 15.4. The minimum Gasteiger partial charge on any atom is -0.307 e. The summed E-state index contributed by atoms with van der Waals surface area (Å²) in [5.41, 5.74) is 11.9.